The first kappa shape index (κ1) is 16.0. The van der Waals surface area contributed by atoms with E-state index in [4.69, 9.17) is 15.2 Å². The van der Waals surface area contributed by atoms with Crippen LogP contribution < -0.4 is 15.2 Å². The molecule has 0 aliphatic carbocycles. The van der Waals surface area contributed by atoms with Gasteiger partial charge in [-0.25, -0.2) is 0 Å². The number of hydrogen-bond acceptors (Lipinski definition) is 4. The molecule has 0 saturated carbocycles. The maximum absolute atomic E-state index is 12.9. The van der Waals surface area contributed by atoms with Crippen LogP contribution in [0.25, 0.3) is 21.7 Å². The molecule has 5 nitrogen and oxygen atoms in total. The van der Waals surface area contributed by atoms with E-state index in [2.05, 4.69) is 4.98 Å². The third-order valence-corrected chi connectivity index (χ3v) is 4.57. The molecule has 0 amide bonds. The molecule has 3 N–H and O–H groups in total. The molecule has 0 unspecified atom stereocenters. The highest BCUT2D eigenvalue weighted by molar-refractivity contribution is 6.15. The summed E-state index contributed by atoms with van der Waals surface area (Å²) in [7, 11) is 3.17. The molecule has 130 valence electrons. The van der Waals surface area contributed by atoms with Crippen molar-refractivity contribution in [3.63, 3.8) is 0 Å². The van der Waals surface area contributed by atoms with Crippen molar-refractivity contribution in [2.24, 2.45) is 0 Å². The van der Waals surface area contributed by atoms with Crippen LogP contribution in [0, 0.1) is 0 Å². The largest absolute Gasteiger partial charge is 0.496 e. The Balaban J connectivity index is 1.87. The first-order chi connectivity index (χ1) is 12.6. The second-order valence-electron chi connectivity index (χ2n) is 6.05. The van der Waals surface area contributed by atoms with E-state index in [1.54, 1.807) is 25.3 Å². The lowest BCUT2D eigenvalue weighted by atomic mass is 10.0. The first-order valence-corrected chi connectivity index (χ1v) is 8.19. The number of nitrogens with one attached hydrogen (secondary N) is 1. The maximum atomic E-state index is 12.9. The zero-order valence-electron chi connectivity index (χ0n) is 14.5. The van der Waals surface area contributed by atoms with Gasteiger partial charge < -0.3 is 20.2 Å². The van der Waals surface area contributed by atoms with Crippen LogP contribution in [-0.2, 0) is 0 Å². The second kappa shape index (κ2) is 6.11. The topological polar surface area (TPSA) is 77.3 Å². The van der Waals surface area contributed by atoms with Gasteiger partial charge in [0, 0.05) is 22.4 Å². The molecule has 4 rings (SSSR count). The molecule has 26 heavy (non-hydrogen) atoms. The molecule has 0 spiro atoms. The average molecular weight is 346 g/mol. The van der Waals surface area contributed by atoms with E-state index in [-0.39, 0.29) is 5.78 Å². The lowest BCUT2D eigenvalue weighted by molar-refractivity contribution is 0.103. The van der Waals surface area contributed by atoms with E-state index in [1.165, 1.54) is 7.11 Å². The summed E-state index contributed by atoms with van der Waals surface area (Å²) < 4.78 is 10.7. The molecule has 0 aliphatic heterocycles. The summed E-state index contributed by atoms with van der Waals surface area (Å²) >= 11 is 0. The van der Waals surface area contributed by atoms with Gasteiger partial charge in [-0.1, -0.05) is 24.3 Å². The lowest BCUT2D eigenvalue weighted by Crippen LogP contribution is -2.03. The number of methoxy groups -OCH3 is 2. The molecule has 1 aromatic heterocycles. The Morgan fingerprint density at radius 3 is 2.35 bits per heavy atom. The number of carbonyl (C=O) groups is 1. The number of nitrogen functional groups attached to an aromatic ring is 1. The minimum Gasteiger partial charge on any atom is -0.496 e. The van der Waals surface area contributed by atoms with Crippen molar-refractivity contribution in [1.82, 2.24) is 4.98 Å². The lowest BCUT2D eigenvalue weighted by Gasteiger charge is -2.06. The van der Waals surface area contributed by atoms with E-state index < -0.39 is 0 Å². The van der Waals surface area contributed by atoms with Crippen LogP contribution in [-0.4, -0.2) is 25.0 Å². The van der Waals surface area contributed by atoms with Crippen molar-refractivity contribution in [3.8, 4) is 11.5 Å². The van der Waals surface area contributed by atoms with Crippen LogP contribution in [0.5, 0.6) is 11.5 Å². The fraction of sp³-hybridized carbons (Fsp3) is 0.0952. The number of H-pyrrole nitrogens is 1. The Kier molecular flexibility index (Phi) is 3.77. The van der Waals surface area contributed by atoms with E-state index in [0.717, 1.165) is 27.4 Å². The van der Waals surface area contributed by atoms with E-state index >= 15 is 0 Å². The smallest absolute Gasteiger partial charge is 0.209 e. The molecule has 0 aliphatic rings. The Bertz CT molecular complexity index is 1140. The molecule has 4 aromatic rings. The molecular formula is C21H18N2O3. The number of aromatic amines is 1. The molecule has 0 fully saturated rings. The van der Waals surface area contributed by atoms with Crippen molar-refractivity contribution >= 4 is 33.1 Å². The third kappa shape index (κ3) is 2.45. The Hall–Kier alpha value is -3.47. The fourth-order valence-corrected chi connectivity index (χ4v) is 3.25. The quantitative estimate of drug-likeness (QED) is 0.430. The number of hydrogen-bond donors (Lipinski definition) is 2. The number of anilines is 1. The third-order valence-electron chi connectivity index (χ3n) is 4.57. The summed E-state index contributed by atoms with van der Waals surface area (Å²) in [5, 5.41) is 3.02. The van der Waals surface area contributed by atoms with Gasteiger partial charge in [-0.2, -0.15) is 0 Å². The summed E-state index contributed by atoms with van der Waals surface area (Å²) in [6, 6.07) is 16.8. The molecule has 0 atom stereocenters. The van der Waals surface area contributed by atoms with Crippen LogP contribution in [0.1, 0.15) is 16.1 Å². The zero-order chi connectivity index (χ0) is 18.3. The van der Waals surface area contributed by atoms with Gasteiger partial charge in [0.05, 0.1) is 31.1 Å². The number of nitrogens with two attached hydrogens (primary N) is 1. The standard InChI is InChI=1S/C21H18N2O3/c1-25-19-11-17-15(13-5-3-4-6-14(13)19)10-18(23-17)21(24)12-7-8-16(22)20(9-12)26-2/h3-11,23H,22H2,1-2H3. The van der Waals surface area contributed by atoms with Crippen molar-refractivity contribution < 1.29 is 14.3 Å². The Morgan fingerprint density at radius 1 is 0.885 bits per heavy atom. The number of ketones is 1. The predicted molar refractivity (Wildman–Crippen MR) is 103 cm³/mol. The molecule has 5 heteroatoms. The van der Waals surface area contributed by atoms with Gasteiger partial charge >= 0.3 is 0 Å². The summed E-state index contributed by atoms with van der Waals surface area (Å²) in [6.45, 7) is 0. The normalized spacial score (nSPS) is 11.0. The second-order valence-corrected chi connectivity index (χ2v) is 6.05. The Morgan fingerprint density at radius 2 is 1.62 bits per heavy atom. The van der Waals surface area contributed by atoms with E-state index in [0.29, 0.717) is 22.7 Å². The number of rotatable bonds is 4. The molecule has 3 aromatic carbocycles. The van der Waals surface area contributed by atoms with E-state index in [1.807, 2.05) is 36.4 Å². The molecule has 0 radical (unpaired) electrons. The van der Waals surface area contributed by atoms with Gasteiger partial charge in [-0.15, -0.1) is 0 Å². The van der Waals surface area contributed by atoms with Crippen molar-refractivity contribution in [2.75, 3.05) is 20.0 Å². The van der Waals surface area contributed by atoms with Gasteiger partial charge in [0.2, 0.25) is 5.78 Å². The minimum atomic E-state index is -0.123. The highest BCUT2D eigenvalue weighted by Gasteiger charge is 2.16. The zero-order valence-corrected chi connectivity index (χ0v) is 14.5. The molecule has 0 saturated heterocycles. The summed E-state index contributed by atoms with van der Waals surface area (Å²) in [5.41, 5.74) is 8.20. The van der Waals surface area contributed by atoms with Gasteiger partial charge in [0.25, 0.3) is 0 Å². The van der Waals surface area contributed by atoms with Crippen LogP contribution >= 0.6 is 0 Å². The molecular weight excluding hydrogens is 328 g/mol. The van der Waals surface area contributed by atoms with Crippen LogP contribution in [0.2, 0.25) is 0 Å². The number of aromatic nitrogens is 1. The van der Waals surface area contributed by atoms with Crippen LogP contribution in [0.15, 0.2) is 54.6 Å². The van der Waals surface area contributed by atoms with Gasteiger partial charge in [-0.3, -0.25) is 4.79 Å². The van der Waals surface area contributed by atoms with Crippen molar-refractivity contribution in [1.29, 1.82) is 0 Å². The van der Waals surface area contributed by atoms with Gasteiger partial charge in [-0.05, 0) is 29.7 Å². The van der Waals surface area contributed by atoms with Crippen LogP contribution in [0.3, 0.4) is 0 Å². The van der Waals surface area contributed by atoms with Gasteiger partial charge in [0.15, 0.2) is 0 Å². The highest BCUT2D eigenvalue weighted by Crippen LogP contribution is 2.34. The highest BCUT2D eigenvalue weighted by atomic mass is 16.5. The maximum Gasteiger partial charge on any atom is 0.209 e. The summed E-state index contributed by atoms with van der Waals surface area (Å²) in [6.07, 6.45) is 0. The number of benzene rings is 3. The monoisotopic (exact) mass is 346 g/mol. The number of ether oxygens (including phenoxy) is 2. The van der Waals surface area contributed by atoms with E-state index in [9.17, 15) is 4.79 Å². The summed E-state index contributed by atoms with van der Waals surface area (Å²) in [5.74, 6) is 1.13. The number of carbonyl (C=O) groups excluding carboxylic acids is 1. The van der Waals surface area contributed by atoms with Crippen molar-refractivity contribution in [3.05, 3.63) is 65.9 Å². The first-order valence-electron chi connectivity index (χ1n) is 8.19. The van der Waals surface area contributed by atoms with Gasteiger partial charge in [0.1, 0.15) is 11.5 Å². The Labute approximate surface area is 150 Å². The van der Waals surface area contributed by atoms with Crippen molar-refractivity contribution in [2.45, 2.75) is 0 Å². The number of fused-ring (bicyclic) bond motifs is 3. The molecule has 0 bridgehead atoms. The predicted octanol–water partition coefficient (Wildman–Crippen LogP) is 4.15. The average Bonchev–Trinajstić information content (AvgIpc) is 3.11. The fourth-order valence-electron chi connectivity index (χ4n) is 3.25. The summed E-state index contributed by atoms with van der Waals surface area (Å²) in [4.78, 5) is 16.1. The molecule has 1 heterocycles. The van der Waals surface area contributed by atoms with Crippen LogP contribution in [0.4, 0.5) is 5.69 Å². The minimum absolute atomic E-state index is 0.123. The SMILES string of the molecule is COc1cc(C(=O)c2cc3c(cc(OC)c4ccccc43)[nH]2)ccc1N.